The molecule has 0 aliphatic carbocycles. The largest absolute Gasteiger partial charge is 1.00 e. The van der Waals surface area contributed by atoms with Gasteiger partial charge in [-0.1, -0.05) is 42.5 Å². The minimum atomic E-state index is -1.44. The van der Waals surface area contributed by atoms with Crippen LogP contribution >= 0.6 is 0 Å². The second kappa shape index (κ2) is 16.9. The first-order valence-electron chi connectivity index (χ1n) is 14.9. The number of hydrogen-bond acceptors (Lipinski definition) is 6. The molecule has 4 aromatic rings. The van der Waals surface area contributed by atoms with Crippen LogP contribution in [0.15, 0.2) is 78.9 Å². The molecule has 0 aliphatic heterocycles. The number of aliphatic hydroxyl groups is 2. The van der Waals surface area contributed by atoms with Crippen molar-refractivity contribution in [2.24, 2.45) is 0 Å². The molecule has 4 rings (SSSR count). The van der Waals surface area contributed by atoms with E-state index in [4.69, 9.17) is 4.74 Å². The fourth-order valence-electron chi connectivity index (χ4n) is 5.41. The molecule has 0 bridgehead atoms. The van der Waals surface area contributed by atoms with Crippen LogP contribution in [0.5, 0.6) is 5.75 Å². The van der Waals surface area contributed by atoms with Crippen molar-refractivity contribution in [3.63, 3.8) is 0 Å². The van der Waals surface area contributed by atoms with E-state index >= 15 is 0 Å². The Hall–Kier alpha value is -3.80. The van der Waals surface area contributed by atoms with Gasteiger partial charge < -0.3 is 34.7 Å². The third kappa shape index (κ3) is 9.39. The standard InChI is InChI=1S/C36H38F2N2O6.Na/c1-21(2)40-31(18-15-28(41)19-29(42)20-32(43)44)33(24-5-11-26(37)12-6-24)34(25-7-13-27(38)14-8-25)35(40)36(45)39-22(3)23-9-16-30(46-4)17-10-23;/h5-18,21-22,28-29,41-42H,19-20H2,1-4H3,(H,39,45)(H,43,44);/q;+1/p-1/t22-,28-,29-;/m1./s1. The van der Waals surface area contributed by atoms with Gasteiger partial charge in [-0.2, -0.15) is 0 Å². The van der Waals surface area contributed by atoms with Gasteiger partial charge in [0.2, 0.25) is 0 Å². The maximum atomic E-state index is 14.3. The number of aliphatic carboxylic acids is 1. The Kier molecular flexibility index (Phi) is 13.5. The monoisotopic (exact) mass is 654 g/mol. The number of aromatic nitrogens is 1. The predicted molar refractivity (Wildman–Crippen MR) is 170 cm³/mol. The van der Waals surface area contributed by atoms with Gasteiger partial charge in [0, 0.05) is 41.7 Å². The van der Waals surface area contributed by atoms with E-state index in [1.165, 1.54) is 30.3 Å². The van der Waals surface area contributed by atoms with Crippen molar-refractivity contribution in [2.75, 3.05) is 7.11 Å². The van der Waals surface area contributed by atoms with Crippen LogP contribution in [0.4, 0.5) is 8.78 Å². The van der Waals surface area contributed by atoms with Gasteiger partial charge >= 0.3 is 29.6 Å². The molecular weight excluding hydrogens is 617 g/mol. The molecule has 3 atom stereocenters. The molecule has 0 fully saturated rings. The first-order chi connectivity index (χ1) is 21.9. The summed E-state index contributed by atoms with van der Waals surface area (Å²) in [5.74, 6) is -2.13. The van der Waals surface area contributed by atoms with Crippen molar-refractivity contribution in [1.82, 2.24) is 9.88 Å². The quantitative estimate of drug-likeness (QED) is 0.191. The van der Waals surface area contributed by atoms with Gasteiger partial charge in [0.25, 0.3) is 5.91 Å². The molecule has 8 nitrogen and oxygen atoms in total. The van der Waals surface area contributed by atoms with E-state index in [0.717, 1.165) is 5.56 Å². The van der Waals surface area contributed by atoms with Crippen LogP contribution in [-0.4, -0.2) is 46.0 Å². The molecule has 3 aromatic carbocycles. The number of carbonyl (C=O) groups excluding carboxylic acids is 2. The van der Waals surface area contributed by atoms with E-state index in [2.05, 4.69) is 5.32 Å². The number of methoxy groups -OCH3 is 1. The molecule has 0 unspecified atom stereocenters. The molecule has 0 radical (unpaired) electrons. The Morgan fingerprint density at radius 3 is 1.91 bits per heavy atom. The first kappa shape index (κ1) is 37.7. The molecule has 0 saturated carbocycles. The van der Waals surface area contributed by atoms with Crippen LogP contribution in [0.2, 0.25) is 0 Å². The van der Waals surface area contributed by atoms with Crippen molar-refractivity contribution in [1.29, 1.82) is 0 Å². The van der Waals surface area contributed by atoms with Crippen LogP contribution in [0.25, 0.3) is 28.3 Å². The van der Waals surface area contributed by atoms with Gasteiger partial charge in [-0.3, -0.25) is 4.79 Å². The number of nitrogens with one attached hydrogen (secondary N) is 1. The number of carboxylic acid groups (broad SMARTS) is 1. The van der Waals surface area contributed by atoms with E-state index in [1.54, 1.807) is 54.2 Å². The van der Waals surface area contributed by atoms with Crippen molar-refractivity contribution in [3.05, 3.63) is 107 Å². The zero-order valence-corrected chi connectivity index (χ0v) is 29.0. The third-order valence-corrected chi connectivity index (χ3v) is 7.60. The number of carboxylic acids is 1. The van der Waals surface area contributed by atoms with Crippen molar-refractivity contribution < 1.29 is 68.0 Å². The summed E-state index contributed by atoms with van der Waals surface area (Å²) in [6.07, 6.45) is -0.501. The summed E-state index contributed by atoms with van der Waals surface area (Å²) in [4.78, 5) is 25.2. The van der Waals surface area contributed by atoms with Crippen molar-refractivity contribution >= 4 is 18.0 Å². The molecule has 0 spiro atoms. The predicted octanol–water partition coefficient (Wildman–Crippen LogP) is 2.45. The molecule has 1 heterocycles. The van der Waals surface area contributed by atoms with Crippen LogP contribution in [0.1, 0.15) is 67.4 Å². The van der Waals surface area contributed by atoms with E-state index < -0.39 is 48.2 Å². The summed E-state index contributed by atoms with van der Waals surface area (Å²) < 4.78 is 35.2. The van der Waals surface area contributed by atoms with Crippen LogP contribution in [0.3, 0.4) is 0 Å². The fraction of sp³-hybridized carbons (Fsp3) is 0.278. The zero-order valence-electron chi connectivity index (χ0n) is 27.0. The minimum Gasteiger partial charge on any atom is -0.550 e. The Labute approximate surface area is 295 Å². The number of benzene rings is 3. The second-order valence-electron chi connectivity index (χ2n) is 11.3. The number of aliphatic hydroxyl groups excluding tert-OH is 2. The molecule has 0 saturated heterocycles. The maximum absolute atomic E-state index is 14.3. The van der Waals surface area contributed by atoms with E-state index in [-0.39, 0.29) is 47.7 Å². The topological polar surface area (TPSA) is 124 Å². The van der Waals surface area contributed by atoms with Gasteiger partial charge in [-0.25, -0.2) is 8.78 Å². The Balaban J connectivity index is 0.00000600. The molecule has 11 heteroatoms. The molecule has 242 valence electrons. The van der Waals surface area contributed by atoms with Crippen LogP contribution in [-0.2, 0) is 4.79 Å². The average Bonchev–Trinajstić information content (AvgIpc) is 3.36. The van der Waals surface area contributed by atoms with Gasteiger partial charge in [-0.15, -0.1) is 0 Å². The smallest absolute Gasteiger partial charge is 0.550 e. The van der Waals surface area contributed by atoms with Gasteiger partial charge in [0.05, 0.1) is 25.4 Å². The summed E-state index contributed by atoms with van der Waals surface area (Å²) in [6, 6.07) is 18.0. The van der Waals surface area contributed by atoms with Gasteiger partial charge in [0.1, 0.15) is 23.1 Å². The van der Waals surface area contributed by atoms with E-state index in [9.17, 15) is 33.7 Å². The van der Waals surface area contributed by atoms with Gasteiger partial charge in [0.15, 0.2) is 0 Å². The number of amides is 1. The summed E-state index contributed by atoms with van der Waals surface area (Å²) in [5, 5.41) is 34.7. The summed E-state index contributed by atoms with van der Waals surface area (Å²) >= 11 is 0. The van der Waals surface area contributed by atoms with Crippen molar-refractivity contribution in [3.8, 4) is 28.0 Å². The molecule has 0 aliphatic rings. The first-order valence-corrected chi connectivity index (χ1v) is 14.9. The number of ether oxygens (including phenoxy) is 1. The Bertz CT molecular complexity index is 1690. The Morgan fingerprint density at radius 1 is 0.894 bits per heavy atom. The zero-order chi connectivity index (χ0) is 33.5. The molecular formula is C36H37F2N2NaO6. The third-order valence-electron chi connectivity index (χ3n) is 7.60. The van der Waals surface area contributed by atoms with E-state index in [1.807, 2.05) is 32.9 Å². The minimum absolute atomic E-state index is 0. The number of hydrogen-bond donors (Lipinski definition) is 3. The summed E-state index contributed by atoms with van der Waals surface area (Å²) in [5.41, 5.74) is 3.65. The molecule has 1 aromatic heterocycles. The fourth-order valence-corrected chi connectivity index (χ4v) is 5.41. The van der Waals surface area contributed by atoms with Crippen LogP contribution < -0.4 is 44.7 Å². The summed E-state index contributed by atoms with van der Waals surface area (Å²) in [6.45, 7) is 5.60. The number of carbonyl (C=O) groups is 2. The Morgan fingerprint density at radius 2 is 1.43 bits per heavy atom. The number of rotatable bonds is 13. The SMILES string of the molecule is COc1ccc([C@@H](C)NC(=O)c2c(-c3ccc(F)cc3)c(-c3ccc(F)cc3)c(C=C[C@@H](O)C[C@@H](O)CC(=O)[O-])n2C(C)C)cc1.[Na+]. The number of nitrogens with zero attached hydrogens (tertiary/aromatic N) is 1. The van der Waals surface area contributed by atoms with Gasteiger partial charge in [-0.05, 0) is 79.9 Å². The molecule has 1 amide bonds. The molecule has 47 heavy (non-hydrogen) atoms. The normalized spacial score (nSPS) is 13.2. The second-order valence-corrected chi connectivity index (χ2v) is 11.3. The molecule has 3 N–H and O–H groups in total. The number of halogens is 2. The summed E-state index contributed by atoms with van der Waals surface area (Å²) in [7, 11) is 1.57. The average molecular weight is 655 g/mol. The van der Waals surface area contributed by atoms with Crippen molar-refractivity contribution in [2.45, 2.75) is 57.9 Å². The van der Waals surface area contributed by atoms with E-state index in [0.29, 0.717) is 33.7 Å². The van der Waals surface area contributed by atoms with Crippen LogP contribution in [0, 0.1) is 11.6 Å². The maximum Gasteiger partial charge on any atom is 1.00 e.